The van der Waals surface area contributed by atoms with E-state index in [1.165, 1.54) is 24.3 Å². The lowest BCUT2D eigenvalue weighted by Gasteiger charge is -2.31. The van der Waals surface area contributed by atoms with Crippen LogP contribution in [0.2, 0.25) is 0 Å². The molecule has 0 aromatic heterocycles. The molecule has 126 valence electrons. The normalized spacial score (nSPS) is 24.0. The van der Waals surface area contributed by atoms with Crippen LogP contribution in [0.3, 0.4) is 0 Å². The van der Waals surface area contributed by atoms with Crippen LogP contribution >= 0.6 is 0 Å². The zero-order chi connectivity index (χ0) is 16.8. The molecule has 3 atom stereocenters. The Labute approximate surface area is 136 Å². The van der Waals surface area contributed by atoms with Gasteiger partial charge in [0.2, 0.25) is 5.91 Å². The highest BCUT2D eigenvalue weighted by molar-refractivity contribution is 5.92. The summed E-state index contributed by atoms with van der Waals surface area (Å²) in [6.45, 7) is 4.41. The number of halogens is 1. The van der Waals surface area contributed by atoms with Crippen LogP contribution < -0.4 is 5.32 Å². The van der Waals surface area contributed by atoms with Gasteiger partial charge < -0.3 is 10.1 Å². The molecule has 1 aromatic rings. The van der Waals surface area contributed by atoms with E-state index >= 15 is 0 Å². The van der Waals surface area contributed by atoms with Gasteiger partial charge in [0.15, 0.2) is 0 Å². The first-order valence-electron chi connectivity index (χ1n) is 8.19. The highest BCUT2D eigenvalue weighted by Gasteiger charge is 2.27. The number of benzene rings is 1. The van der Waals surface area contributed by atoms with Crippen molar-refractivity contribution >= 4 is 17.6 Å². The molecule has 0 unspecified atom stereocenters. The number of esters is 1. The maximum absolute atomic E-state index is 12.8. The molecule has 1 aliphatic rings. The Morgan fingerprint density at radius 3 is 2.48 bits per heavy atom. The Kier molecular flexibility index (Phi) is 6.13. The number of ether oxygens (including phenoxy) is 1. The van der Waals surface area contributed by atoms with Gasteiger partial charge in [0.05, 0.1) is 6.42 Å². The van der Waals surface area contributed by atoms with Crippen molar-refractivity contribution in [2.75, 3.05) is 5.32 Å². The number of anilines is 1. The summed E-state index contributed by atoms with van der Waals surface area (Å²) in [6.07, 6.45) is 2.98. The fraction of sp³-hybridized carbons (Fsp3) is 0.556. The number of carbonyl (C=O) groups excluding carboxylic acids is 2. The number of rotatable bonds is 5. The maximum Gasteiger partial charge on any atom is 0.306 e. The second-order valence-corrected chi connectivity index (χ2v) is 6.43. The molecule has 1 aromatic carbocycles. The molecule has 4 nitrogen and oxygen atoms in total. The average Bonchev–Trinajstić information content (AvgIpc) is 2.51. The number of nitrogens with one attached hydrogen (secondary N) is 1. The Morgan fingerprint density at radius 2 is 1.83 bits per heavy atom. The third-order valence-corrected chi connectivity index (χ3v) is 4.53. The van der Waals surface area contributed by atoms with Crippen molar-refractivity contribution in [2.24, 2.45) is 11.8 Å². The maximum atomic E-state index is 12.8. The van der Waals surface area contributed by atoms with Gasteiger partial charge in [-0.15, -0.1) is 0 Å². The second kappa shape index (κ2) is 8.09. The lowest BCUT2D eigenvalue weighted by atomic mass is 9.80. The van der Waals surface area contributed by atoms with Crippen molar-refractivity contribution in [1.29, 1.82) is 0 Å². The van der Waals surface area contributed by atoms with Gasteiger partial charge in [0.25, 0.3) is 0 Å². The zero-order valence-electron chi connectivity index (χ0n) is 13.7. The first-order chi connectivity index (χ1) is 10.9. The Bertz CT molecular complexity index is 544. The van der Waals surface area contributed by atoms with Gasteiger partial charge in [0, 0.05) is 12.1 Å². The smallest absolute Gasteiger partial charge is 0.306 e. The molecule has 0 bridgehead atoms. The summed E-state index contributed by atoms with van der Waals surface area (Å²) in [5.41, 5.74) is 0.514. The molecule has 1 amide bonds. The minimum atomic E-state index is -0.359. The third kappa shape index (κ3) is 5.66. The molecule has 2 rings (SSSR count). The summed E-state index contributed by atoms with van der Waals surface area (Å²) in [5, 5.41) is 2.63. The molecule has 5 heteroatoms. The lowest BCUT2D eigenvalue weighted by molar-refractivity contribution is -0.152. The molecule has 1 fully saturated rings. The molecule has 0 radical (unpaired) electrons. The SMILES string of the molecule is C[C@@H]1CC[C@@H](OC(=O)CCC(=O)Nc2ccc(F)cc2)C[C@@H]1C. The van der Waals surface area contributed by atoms with E-state index in [0.717, 1.165) is 19.3 Å². The Morgan fingerprint density at radius 1 is 1.13 bits per heavy atom. The van der Waals surface area contributed by atoms with Gasteiger partial charge in [-0.3, -0.25) is 9.59 Å². The van der Waals surface area contributed by atoms with Crippen LogP contribution in [0.25, 0.3) is 0 Å². The van der Waals surface area contributed by atoms with Crippen molar-refractivity contribution < 1.29 is 18.7 Å². The molecule has 1 saturated carbocycles. The summed E-state index contributed by atoms with van der Waals surface area (Å²) in [6, 6.07) is 5.51. The average molecular weight is 321 g/mol. The van der Waals surface area contributed by atoms with Crippen molar-refractivity contribution in [3.8, 4) is 0 Å². The molecule has 1 N–H and O–H groups in total. The molecule has 0 heterocycles. The van der Waals surface area contributed by atoms with Gasteiger partial charge in [0.1, 0.15) is 11.9 Å². The molecular weight excluding hydrogens is 297 g/mol. The summed E-state index contributed by atoms with van der Waals surface area (Å²) < 4.78 is 18.2. The van der Waals surface area contributed by atoms with E-state index in [1.807, 2.05) is 0 Å². The number of carbonyl (C=O) groups is 2. The summed E-state index contributed by atoms with van der Waals surface area (Å²) >= 11 is 0. The van der Waals surface area contributed by atoms with Crippen LogP contribution in [0, 0.1) is 17.7 Å². The topological polar surface area (TPSA) is 55.4 Å². The molecule has 0 aliphatic heterocycles. The van der Waals surface area contributed by atoms with Crippen molar-refractivity contribution in [3.05, 3.63) is 30.1 Å². The van der Waals surface area contributed by atoms with Crippen molar-refractivity contribution in [1.82, 2.24) is 0 Å². The van der Waals surface area contributed by atoms with Crippen molar-refractivity contribution in [3.63, 3.8) is 0 Å². The molecule has 1 aliphatic carbocycles. The number of amides is 1. The van der Waals surface area contributed by atoms with Crippen LogP contribution in [-0.4, -0.2) is 18.0 Å². The minimum absolute atomic E-state index is 0.0196. The lowest BCUT2D eigenvalue weighted by Crippen LogP contribution is -2.29. The van der Waals surface area contributed by atoms with E-state index in [0.29, 0.717) is 17.5 Å². The van der Waals surface area contributed by atoms with Crippen LogP contribution in [0.4, 0.5) is 10.1 Å². The number of hydrogen-bond donors (Lipinski definition) is 1. The van der Waals surface area contributed by atoms with Crippen LogP contribution in [0.5, 0.6) is 0 Å². The van der Waals surface area contributed by atoms with E-state index in [9.17, 15) is 14.0 Å². The highest BCUT2D eigenvalue weighted by Crippen LogP contribution is 2.31. The Hall–Kier alpha value is -1.91. The van der Waals surface area contributed by atoms with E-state index in [-0.39, 0.29) is 36.6 Å². The van der Waals surface area contributed by atoms with Gasteiger partial charge in [-0.25, -0.2) is 4.39 Å². The first-order valence-corrected chi connectivity index (χ1v) is 8.19. The monoisotopic (exact) mass is 321 g/mol. The van der Waals surface area contributed by atoms with Gasteiger partial charge in [-0.05, 0) is 55.4 Å². The second-order valence-electron chi connectivity index (χ2n) is 6.43. The van der Waals surface area contributed by atoms with E-state index in [4.69, 9.17) is 4.74 Å². The standard InChI is InChI=1S/C18H24FNO3/c1-12-3-8-16(11-13(12)2)23-18(22)10-9-17(21)20-15-6-4-14(19)5-7-15/h4-7,12-13,16H,3,8-11H2,1-2H3,(H,20,21)/t12-,13+,16-/m1/s1. The van der Waals surface area contributed by atoms with Gasteiger partial charge in [-0.2, -0.15) is 0 Å². The zero-order valence-corrected chi connectivity index (χ0v) is 13.7. The van der Waals surface area contributed by atoms with Crippen molar-refractivity contribution in [2.45, 2.75) is 52.1 Å². The summed E-state index contributed by atoms with van der Waals surface area (Å²) in [4.78, 5) is 23.6. The summed E-state index contributed by atoms with van der Waals surface area (Å²) in [7, 11) is 0. The third-order valence-electron chi connectivity index (χ3n) is 4.53. The summed E-state index contributed by atoms with van der Waals surface area (Å²) in [5.74, 6) is 0.266. The predicted molar refractivity (Wildman–Crippen MR) is 86.3 cm³/mol. The minimum Gasteiger partial charge on any atom is -0.462 e. The first kappa shape index (κ1) is 17.4. The van der Waals surface area contributed by atoms with Crippen LogP contribution in [0.1, 0.15) is 46.0 Å². The largest absolute Gasteiger partial charge is 0.462 e. The van der Waals surface area contributed by atoms with Gasteiger partial charge in [-0.1, -0.05) is 13.8 Å². The molecular formula is C18H24FNO3. The quantitative estimate of drug-likeness (QED) is 0.837. The van der Waals surface area contributed by atoms with E-state index < -0.39 is 0 Å². The molecule has 0 spiro atoms. The van der Waals surface area contributed by atoms with E-state index in [1.54, 1.807) is 0 Å². The molecule has 0 saturated heterocycles. The predicted octanol–water partition coefficient (Wildman–Crippen LogP) is 3.91. The van der Waals surface area contributed by atoms with Crippen LogP contribution in [0.15, 0.2) is 24.3 Å². The van der Waals surface area contributed by atoms with Gasteiger partial charge >= 0.3 is 5.97 Å². The van der Waals surface area contributed by atoms with Crippen LogP contribution in [-0.2, 0) is 14.3 Å². The fourth-order valence-electron chi connectivity index (χ4n) is 2.82. The Balaban J connectivity index is 1.69. The highest BCUT2D eigenvalue weighted by atomic mass is 19.1. The fourth-order valence-corrected chi connectivity index (χ4v) is 2.82. The molecule has 23 heavy (non-hydrogen) atoms. The van der Waals surface area contributed by atoms with E-state index in [2.05, 4.69) is 19.2 Å². The number of hydrogen-bond acceptors (Lipinski definition) is 3.